The maximum atomic E-state index is 6.01. The summed E-state index contributed by atoms with van der Waals surface area (Å²) >= 11 is 0. The highest BCUT2D eigenvalue weighted by molar-refractivity contribution is 4.89. The Kier molecular flexibility index (Phi) is 4.38. The first-order valence-corrected chi connectivity index (χ1v) is 4.27. The van der Waals surface area contributed by atoms with Crippen LogP contribution in [0.2, 0.25) is 0 Å². The molecule has 0 aliphatic heterocycles. The summed E-state index contributed by atoms with van der Waals surface area (Å²) in [6.45, 7) is 9.93. The lowest BCUT2D eigenvalue weighted by atomic mass is 10.0. The van der Waals surface area contributed by atoms with Crippen molar-refractivity contribution in [2.24, 2.45) is 5.73 Å². The first-order chi connectivity index (χ1) is 5.08. The monoisotopic (exact) mass is 156 g/mol. The maximum absolute atomic E-state index is 6.01. The molecule has 0 aliphatic rings. The number of hydrogen-bond acceptors (Lipinski definition) is 2. The van der Waals surface area contributed by atoms with Gasteiger partial charge in [0, 0.05) is 6.04 Å². The van der Waals surface area contributed by atoms with E-state index in [1.165, 1.54) is 0 Å². The van der Waals surface area contributed by atoms with Crippen LogP contribution in [0.5, 0.6) is 0 Å². The van der Waals surface area contributed by atoms with Gasteiger partial charge >= 0.3 is 0 Å². The van der Waals surface area contributed by atoms with Crippen molar-refractivity contribution in [1.29, 1.82) is 0 Å². The van der Waals surface area contributed by atoms with Gasteiger partial charge in [0.25, 0.3) is 0 Å². The average molecular weight is 156 g/mol. The van der Waals surface area contributed by atoms with Gasteiger partial charge in [-0.1, -0.05) is 19.9 Å². The summed E-state index contributed by atoms with van der Waals surface area (Å²) in [5, 5.41) is 3.30. The summed E-state index contributed by atoms with van der Waals surface area (Å²) < 4.78 is 0. The highest BCUT2D eigenvalue weighted by Gasteiger charge is 2.20. The molecular weight excluding hydrogens is 136 g/mol. The molecule has 0 spiro atoms. The summed E-state index contributed by atoms with van der Waals surface area (Å²) in [4.78, 5) is 0. The van der Waals surface area contributed by atoms with Gasteiger partial charge in [0.2, 0.25) is 0 Å². The summed E-state index contributed by atoms with van der Waals surface area (Å²) in [5.74, 6) is 0. The second kappa shape index (κ2) is 4.52. The Morgan fingerprint density at radius 3 is 2.27 bits per heavy atom. The Bertz CT molecular complexity index is 117. The predicted octanol–water partition coefficient (Wildman–Crippen LogP) is 1.63. The molecule has 0 heterocycles. The second-order valence-electron chi connectivity index (χ2n) is 3.03. The molecule has 2 heteroatoms. The van der Waals surface area contributed by atoms with Crippen LogP contribution in [-0.4, -0.2) is 11.7 Å². The van der Waals surface area contributed by atoms with Gasteiger partial charge in [-0.25, -0.2) is 0 Å². The normalized spacial score (nSPS) is 14.5. The molecule has 0 bridgehead atoms. The van der Waals surface area contributed by atoms with E-state index in [0.29, 0.717) is 6.04 Å². The number of rotatable bonds is 5. The Hall–Kier alpha value is -0.340. The second-order valence-corrected chi connectivity index (χ2v) is 3.03. The molecule has 0 amide bonds. The van der Waals surface area contributed by atoms with Crippen LogP contribution in [0.25, 0.3) is 0 Å². The lowest BCUT2D eigenvalue weighted by Gasteiger charge is -2.30. The van der Waals surface area contributed by atoms with E-state index in [9.17, 15) is 0 Å². The standard InChI is InChI=1S/C9H20N2/c1-5-8(4)11-9(10,6-2)7-3/h5,8,11H,1,6-7,10H2,2-4H3. The van der Waals surface area contributed by atoms with Gasteiger partial charge in [-0.2, -0.15) is 0 Å². The highest BCUT2D eigenvalue weighted by atomic mass is 15.1. The Balaban J connectivity index is 3.95. The van der Waals surface area contributed by atoms with Crippen molar-refractivity contribution in [3.8, 4) is 0 Å². The lowest BCUT2D eigenvalue weighted by Crippen LogP contribution is -2.55. The van der Waals surface area contributed by atoms with Crippen molar-refractivity contribution in [2.45, 2.75) is 45.3 Å². The third-order valence-corrected chi connectivity index (χ3v) is 2.13. The molecule has 0 aliphatic carbocycles. The molecule has 0 rings (SSSR count). The van der Waals surface area contributed by atoms with E-state index in [1.807, 2.05) is 6.08 Å². The van der Waals surface area contributed by atoms with Crippen molar-refractivity contribution in [2.75, 3.05) is 0 Å². The van der Waals surface area contributed by atoms with Crippen LogP contribution in [0.15, 0.2) is 12.7 Å². The van der Waals surface area contributed by atoms with Gasteiger partial charge in [0.15, 0.2) is 0 Å². The fourth-order valence-electron chi connectivity index (χ4n) is 0.966. The number of nitrogens with two attached hydrogens (primary N) is 1. The van der Waals surface area contributed by atoms with Crippen molar-refractivity contribution < 1.29 is 0 Å². The first kappa shape index (κ1) is 10.7. The smallest absolute Gasteiger partial charge is 0.0661 e. The van der Waals surface area contributed by atoms with E-state index >= 15 is 0 Å². The van der Waals surface area contributed by atoms with Crippen LogP contribution in [0.3, 0.4) is 0 Å². The first-order valence-electron chi connectivity index (χ1n) is 4.27. The van der Waals surface area contributed by atoms with Crippen LogP contribution in [0, 0.1) is 0 Å². The minimum absolute atomic E-state index is 0.215. The van der Waals surface area contributed by atoms with Gasteiger partial charge in [0.1, 0.15) is 0 Å². The van der Waals surface area contributed by atoms with Crippen LogP contribution in [0.1, 0.15) is 33.6 Å². The largest absolute Gasteiger partial charge is 0.313 e. The predicted molar refractivity (Wildman–Crippen MR) is 50.3 cm³/mol. The minimum atomic E-state index is -0.215. The molecule has 0 aromatic rings. The van der Waals surface area contributed by atoms with Crippen molar-refractivity contribution in [3.05, 3.63) is 12.7 Å². The molecule has 66 valence electrons. The van der Waals surface area contributed by atoms with E-state index in [1.54, 1.807) is 0 Å². The fraction of sp³-hybridized carbons (Fsp3) is 0.778. The summed E-state index contributed by atoms with van der Waals surface area (Å²) in [7, 11) is 0. The van der Waals surface area contributed by atoms with Crippen LogP contribution in [-0.2, 0) is 0 Å². The van der Waals surface area contributed by atoms with E-state index in [0.717, 1.165) is 12.8 Å². The van der Waals surface area contributed by atoms with Gasteiger partial charge in [-0.05, 0) is 19.8 Å². The number of nitrogens with one attached hydrogen (secondary N) is 1. The molecule has 2 nitrogen and oxygen atoms in total. The van der Waals surface area contributed by atoms with Crippen LogP contribution < -0.4 is 11.1 Å². The quantitative estimate of drug-likeness (QED) is 0.469. The molecule has 1 unspecified atom stereocenters. The molecule has 0 radical (unpaired) electrons. The SMILES string of the molecule is C=CC(C)NC(N)(CC)CC. The Morgan fingerprint density at radius 2 is 2.00 bits per heavy atom. The van der Waals surface area contributed by atoms with Crippen molar-refractivity contribution in [3.63, 3.8) is 0 Å². The van der Waals surface area contributed by atoms with Gasteiger partial charge in [-0.3, -0.25) is 5.32 Å². The van der Waals surface area contributed by atoms with Gasteiger partial charge in [-0.15, -0.1) is 6.58 Å². The summed E-state index contributed by atoms with van der Waals surface area (Å²) in [5.41, 5.74) is 5.80. The highest BCUT2D eigenvalue weighted by Crippen LogP contribution is 2.07. The molecule has 0 saturated heterocycles. The molecule has 0 aromatic carbocycles. The lowest BCUT2D eigenvalue weighted by molar-refractivity contribution is 0.298. The van der Waals surface area contributed by atoms with E-state index < -0.39 is 0 Å². The van der Waals surface area contributed by atoms with Gasteiger partial charge < -0.3 is 5.73 Å². The molecular formula is C9H20N2. The molecule has 0 fully saturated rings. The molecule has 0 aromatic heterocycles. The fourth-order valence-corrected chi connectivity index (χ4v) is 0.966. The van der Waals surface area contributed by atoms with Crippen LogP contribution >= 0.6 is 0 Å². The van der Waals surface area contributed by atoms with Crippen molar-refractivity contribution in [1.82, 2.24) is 5.32 Å². The zero-order chi connectivity index (χ0) is 8.91. The van der Waals surface area contributed by atoms with Gasteiger partial charge in [0.05, 0.1) is 5.66 Å². The third kappa shape index (κ3) is 3.54. The summed E-state index contributed by atoms with van der Waals surface area (Å²) in [6, 6.07) is 0.292. The van der Waals surface area contributed by atoms with Crippen LogP contribution in [0.4, 0.5) is 0 Å². The Morgan fingerprint density at radius 1 is 1.55 bits per heavy atom. The Labute approximate surface area is 69.9 Å². The third-order valence-electron chi connectivity index (χ3n) is 2.13. The molecule has 3 N–H and O–H groups in total. The van der Waals surface area contributed by atoms with E-state index in [4.69, 9.17) is 5.73 Å². The van der Waals surface area contributed by atoms with Crippen molar-refractivity contribution >= 4 is 0 Å². The molecule has 1 atom stereocenters. The van der Waals surface area contributed by atoms with E-state index in [-0.39, 0.29) is 5.66 Å². The zero-order valence-corrected chi connectivity index (χ0v) is 7.85. The zero-order valence-electron chi connectivity index (χ0n) is 7.85. The number of hydrogen-bond donors (Lipinski definition) is 2. The molecule has 0 saturated carbocycles. The minimum Gasteiger partial charge on any atom is -0.313 e. The maximum Gasteiger partial charge on any atom is 0.0661 e. The summed E-state index contributed by atoms with van der Waals surface area (Å²) in [6.07, 6.45) is 3.76. The average Bonchev–Trinajstić information content (AvgIpc) is 2.04. The van der Waals surface area contributed by atoms with E-state index in [2.05, 4.69) is 32.7 Å². The molecule has 11 heavy (non-hydrogen) atoms. The topological polar surface area (TPSA) is 38.0 Å².